The number of anilines is 4. The fraction of sp³-hybridized carbons (Fsp3) is 0.367. The normalized spacial score (nSPS) is 14.4. The van der Waals surface area contributed by atoms with Crippen LogP contribution in [0.1, 0.15) is 40.0 Å². The van der Waals surface area contributed by atoms with Gasteiger partial charge in [0.2, 0.25) is 5.91 Å². The third-order valence-corrected chi connectivity index (χ3v) is 6.76. The lowest BCUT2D eigenvalue weighted by molar-refractivity contribution is 0.0600. The number of carbonyl (C=O) groups excluding carboxylic acids is 2. The highest BCUT2D eigenvalue weighted by atomic mass is 16.5. The fourth-order valence-electron chi connectivity index (χ4n) is 4.58. The van der Waals surface area contributed by atoms with E-state index in [2.05, 4.69) is 22.5 Å². The second-order valence-electron chi connectivity index (χ2n) is 9.75. The van der Waals surface area contributed by atoms with E-state index in [4.69, 9.17) is 31.4 Å². The van der Waals surface area contributed by atoms with Crippen molar-refractivity contribution in [2.75, 3.05) is 69.1 Å². The van der Waals surface area contributed by atoms with E-state index in [-0.39, 0.29) is 29.3 Å². The van der Waals surface area contributed by atoms with E-state index in [1.807, 2.05) is 12.2 Å². The SMILES string of the molecule is COC(=O)c1cc(N)c(NC/C=C/CNc2c(N)cc(C(N)=O)cc2OCC#CCC2CCCN(C(=O)O)C2)c(OC)c1. The van der Waals surface area contributed by atoms with Crippen LogP contribution in [0.4, 0.5) is 27.5 Å². The molecule has 3 rings (SSSR count). The summed E-state index contributed by atoms with van der Waals surface area (Å²) in [4.78, 5) is 36.3. The van der Waals surface area contributed by atoms with Gasteiger partial charge in [0, 0.05) is 38.2 Å². The molecule has 2 aromatic rings. The minimum Gasteiger partial charge on any atom is -0.494 e. The summed E-state index contributed by atoms with van der Waals surface area (Å²) >= 11 is 0. The van der Waals surface area contributed by atoms with E-state index in [1.54, 1.807) is 6.07 Å². The van der Waals surface area contributed by atoms with Crippen molar-refractivity contribution in [3.05, 3.63) is 47.5 Å². The Bertz CT molecular complexity index is 1420. The first-order valence-corrected chi connectivity index (χ1v) is 13.6. The van der Waals surface area contributed by atoms with Gasteiger partial charge in [-0.25, -0.2) is 9.59 Å². The predicted octanol–water partition coefficient (Wildman–Crippen LogP) is 2.99. The number of hydrogen-bond acceptors (Lipinski definition) is 10. The second kappa shape index (κ2) is 15.7. The number of carboxylic acid groups (broad SMARTS) is 1. The van der Waals surface area contributed by atoms with Gasteiger partial charge in [-0.3, -0.25) is 4.79 Å². The molecule has 9 N–H and O–H groups in total. The number of nitrogens with zero attached hydrogens (tertiary/aromatic N) is 1. The van der Waals surface area contributed by atoms with Crippen LogP contribution in [0, 0.1) is 17.8 Å². The van der Waals surface area contributed by atoms with E-state index in [0.29, 0.717) is 61.2 Å². The number of esters is 1. The summed E-state index contributed by atoms with van der Waals surface area (Å²) in [5, 5.41) is 15.6. The van der Waals surface area contributed by atoms with Crippen molar-refractivity contribution in [3.63, 3.8) is 0 Å². The van der Waals surface area contributed by atoms with Gasteiger partial charge in [-0.05, 0) is 43.0 Å². The van der Waals surface area contributed by atoms with Crippen LogP contribution < -0.4 is 37.3 Å². The molecular formula is C30H38N6O7. The molecule has 1 aliphatic rings. The molecule has 1 heterocycles. The average molecular weight is 595 g/mol. The lowest BCUT2D eigenvalue weighted by Crippen LogP contribution is -2.38. The number of piperidine rings is 1. The van der Waals surface area contributed by atoms with Gasteiger partial charge in [0.15, 0.2) is 0 Å². The number of rotatable bonds is 12. The number of nitrogen functional groups attached to an aromatic ring is 2. The maximum absolute atomic E-state index is 11.8. The van der Waals surface area contributed by atoms with Crippen LogP contribution in [0.2, 0.25) is 0 Å². The largest absolute Gasteiger partial charge is 0.494 e. The van der Waals surface area contributed by atoms with Crippen LogP contribution in [0.5, 0.6) is 11.5 Å². The summed E-state index contributed by atoms with van der Waals surface area (Å²) in [6.45, 7) is 1.85. The molecule has 1 atom stereocenters. The highest BCUT2D eigenvalue weighted by molar-refractivity contribution is 5.96. The number of nitrogens with two attached hydrogens (primary N) is 3. The van der Waals surface area contributed by atoms with Crippen molar-refractivity contribution < 1.29 is 33.7 Å². The topological polar surface area (TPSA) is 204 Å². The van der Waals surface area contributed by atoms with Gasteiger partial charge in [0.1, 0.15) is 29.5 Å². The highest BCUT2D eigenvalue weighted by Crippen LogP contribution is 2.33. The second-order valence-corrected chi connectivity index (χ2v) is 9.75. The van der Waals surface area contributed by atoms with Crippen molar-refractivity contribution >= 4 is 40.7 Å². The van der Waals surface area contributed by atoms with Crippen molar-refractivity contribution in [2.24, 2.45) is 11.7 Å². The average Bonchev–Trinajstić information content (AvgIpc) is 2.99. The lowest BCUT2D eigenvalue weighted by atomic mass is 9.95. The number of benzene rings is 2. The van der Waals surface area contributed by atoms with Gasteiger partial charge in [-0.2, -0.15) is 0 Å². The molecular weight excluding hydrogens is 556 g/mol. The highest BCUT2D eigenvalue weighted by Gasteiger charge is 2.22. The number of ether oxygens (including phenoxy) is 3. The number of primary amides is 1. The number of amides is 2. The zero-order chi connectivity index (χ0) is 31.4. The Hall–Kier alpha value is -5.25. The summed E-state index contributed by atoms with van der Waals surface area (Å²) in [6.07, 6.45) is 5.12. The van der Waals surface area contributed by atoms with Crippen LogP contribution in [-0.2, 0) is 4.74 Å². The Kier molecular flexibility index (Phi) is 11.8. The molecule has 0 aliphatic carbocycles. The number of nitrogens with one attached hydrogen (secondary N) is 2. The number of likely N-dealkylation sites (tertiary alicyclic amines) is 1. The van der Waals surface area contributed by atoms with Gasteiger partial charge < -0.3 is 52.1 Å². The van der Waals surface area contributed by atoms with Crippen LogP contribution in [0.3, 0.4) is 0 Å². The third kappa shape index (κ3) is 9.12. The Balaban J connectivity index is 1.58. The zero-order valence-electron chi connectivity index (χ0n) is 24.3. The molecule has 230 valence electrons. The first-order valence-electron chi connectivity index (χ1n) is 13.6. The van der Waals surface area contributed by atoms with Crippen molar-refractivity contribution in [3.8, 4) is 23.3 Å². The molecule has 1 unspecified atom stereocenters. The van der Waals surface area contributed by atoms with E-state index in [0.717, 1.165) is 12.8 Å². The Morgan fingerprint density at radius 3 is 2.23 bits per heavy atom. The van der Waals surface area contributed by atoms with E-state index >= 15 is 0 Å². The van der Waals surface area contributed by atoms with Crippen LogP contribution in [0.15, 0.2) is 36.4 Å². The molecule has 13 nitrogen and oxygen atoms in total. The maximum Gasteiger partial charge on any atom is 0.407 e. The first kappa shape index (κ1) is 32.3. The first-order chi connectivity index (χ1) is 20.6. The quantitative estimate of drug-likeness (QED) is 0.0912. The van der Waals surface area contributed by atoms with Gasteiger partial charge in [0.05, 0.1) is 31.2 Å². The Morgan fingerprint density at radius 2 is 1.63 bits per heavy atom. The van der Waals surface area contributed by atoms with E-state index in [1.165, 1.54) is 37.3 Å². The summed E-state index contributed by atoms with van der Waals surface area (Å²) in [5.74, 6) is 5.77. The van der Waals surface area contributed by atoms with E-state index in [9.17, 15) is 19.5 Å². The maximum atomic E-state index is 11.8. The molecule has 0 radical (unpaired) electrons. The van der Waals surface area contributed by atoms with Crippen LogP contribution in [0.25, 0.3) is 0 Å². The summed E-state index contributed by atoms with van der Waals surface area (Å²) in [6, 6.07) is 6.03. The lowest BCUT2D eigenvalue weighted by Gasteiger charge is -2.29. The molecule has 13 heteroatoms. The standard InChI is InChI=1S/C30H38N6O7/c1-41-24-17-21(29(38)42-2)15-23(32)26(24)34-10-4-5-11-35-27-22(31)14-20(28(33)37)16-25(27)43-13-6-3-8-19-9-7-12-36(18-19)30(39)40/h4-5,14-17,19,34-35H,7-13,18,31-32H2,1-2H3,(H2,33,37)(H,39,40)/b5-4+. The van der Waals surface area contributed by atoms with Crippen molar-refractivity contribution in [1.82, 2.24) is 4.90 Å². The van der Waals surface area contributed by atoms with E-state index < -0.39 is 18.0 Å². The van der Waals surface area contributed by atoms with Gasteiger partial charge >= 0.3 is 12.1 Å². The van der Waals surface area contributed by atoms with Gasteiger partial charge in [-0.1, -0.05) is 24.0 Å². The smallest absolute Gasteiger partial charge is 0.407 e. The summed E-state index contributed by atoms with van der Waals surface area (Å²) in [5.41, 5.74) is 19.9. The summed E-state index contributed by atoms with van der Waals surface area (Å²) < 4.78 is 15.9. The number of methoxy groups -OCH3 is 2. The molecule has 1 fully saturated rings. The minimum absolute atomic E-state index is 0.0451. The minimum atomic E-state index is -0.907. The molecule has 43 heavy (non-hydrogen) atoms. The van der Waals surface area contributed by atoms with Crippen LogP contribution in [-0.4, -0.2) is 75.0 Å². The number of carbonyl (C=O) groups is 3. The molecule has 1 aliphatic heterocycles. The third-order valence-electron chi connectivity index (χ3n) is 6.76. The van der Waals surface area contributed by atoms with Gasteiger partial charge in [0.25, 0.3) is 0 Å². The fourth-order valence-corrected chi connectivity index (χ4v) is 4.58. The van der Waals surface area contributed by atoms with Crippen molar-refractivity contribution in [1.29, 1.82) is 0 Å². The number of hydrogen-bond donors (Lipinski definition) is 6. The molecule has 0 aromatic heterocycles. The van der Waals surface area contributed by atoms with Crippen molar-refractivity contribution in [2.45, 2.75) is 19.3 Å². The molecule has 0 spiro atoms. The molecule has 2 amide bonds. The Morgan fingerprint density at radius 1 is 1.00 bits per heavy atom. The Labute approximate surface area is 250 Å². The predicted molar refractivity (Wildman–Crippen MR) is 164 cm³/mol. The molecule has 2 aromatic carbocycles. The van der Waals surface area contributed by atoms with Crippen LogP contribution >= 0.6 is 0 Å². The summed E-state index contributed by atoms with van der Waals surface area (Å²) in [7, 11) is 2.77. The van der Waals surface area contributed by atoms with Gasteiger partial charge in [-0.15, -0.1) is 0 Å². The molecule has 0 bridgehead atoms. The molecule has 0 saturated carbocycles. The zero-order valence-corrected chi connectivity index (χ0v) is 24.3. The molecule has 1 saturated heterocycles. The monoisotopic (exact) mass is 594 g/mol.